The molecule has 2 N–H and O–H groups in total. The lowest BCUT2D eigenvalue weighted by Crippen LogP contribution is -2.11. The van der Waals surface area contributed by atoms with Gasteiger partial charge in [-0.25, -0.2) is 14.4 Å². The zero-order valence-electron chi connectivity index (χ0n) is 20.6. The van der Waals surface area contributed by atoms with Gasteiger partial charge in [-0.05, 0) is 48.0 Å². The SMILES string of the molecule is C=CC(=O)Nc1cc2c(Nc3ccc4c(cnn4Cc4cccc(F)c4)c3)ncnc2cc1OCCOC. The lowest BCUT2D eigenvalue weighted by molar-refractivity contribution is -0.111. The lowest BCUT2D eigenvalue weighted by Gasteiger charge is -2.15. The van der Waals surface area contributed by atoms with Gasteiger partial charge in [-0.3, -0.25) is 9.48 Å². The smallest absolute Gasteiger partial charge is 0.247 e. The number of hydrogen-bond donors (Lipinski definition) is 2. The van der Waals surface area contributed by atoms with Gasteiger partial charge in [0.15, 0.2) is 0 Å². The van der Waals surface area contributed by atoms with Gasteiger partial charge >= 0.3 is 0 Å². The molecule has 5 rings (SSSR count). The predicted molar refractivity (Wildman–Crippen MR) is 144 cm³/mol. The summed E-state index contributed by atoms with van der Waals surface area (Å²) in [5, 5.41) is 12.2. The Labute approximate surface area is 217 Å². The van der Waals surface area contributed by atoms with Crippen molar-refractivity contribution in [1.82, 2.24) is 19.7 Å². The van der Waals surface area contributed by atoms with Gasteiger partial charge < -0.3 is 20.1 Å². The van der Waals surface area contributed by atoms with E-state index in [-0.39, 0.29) is 11.7 Å². The molecule has 0 saturated carbocycles. The number of nitrogens with one attached hydrogen (secondary N) is 2. The molecule has 0 bridgehead atoms. The Balaban J connectivity index is 1.44. The van der Waals surface area contributed by atoms with Crippen LogP contribution in [0.25, 0.3) is 21.8 Å². The molecule has 3 aromatic carbocycles. The third-order valence-electron chi connectivity index (χ3n) is 5.85. The summed E-state index contributed by atoms with van der Waals surface area (Å²) in [6, 6.07) is 15.8. The Hall–Kier alpha value is -4.83. The number of carbonyl (C=O) groups is 1. The third kappa shape index (κ3) is 5.45. The van der Waals surface area contributed by atoms with E-state index in [1.54, 1.807) is 31.5 Å². The monoisotopic (exact) mass is 512 g/mol. The first-order valence-electron chi connectivity index (χ1n) is 11.8. The second-order valence-corrected chi connectivity index (χ2v) is 8.45. The van der Waals surface area contributed by atoms with Crippen LogP contribution in [0.2, 0.25) is 0 Å². The predicted octanol–water partition coefficient (Wildman–Crippen LogP) is 5.06. The van der Waals surface area contributed by atoms with Crippen LogP contribution in [-0.4, -0.2) is 46.0 Å². The van der Waals surface area contributed by atoms with E-state index in [1.807, 2.05) is 28.9 Å². The van der Waals surface area contributed by atoms with Gasteiger partial charge in [0.05, 0.1) is 36.1 Å². The number of benzene rings is 3. The molecule has 0 spiro atoms. The van der Waals surface area contributed by atoms with Crippen LogP contribution in [0.15, 0.2) is 79.8 Å². The highest BCUT2D eigenvalue weighted by molar-refractivity contribution is 6.03. The van der Waals surface area contributed by atoms with Crippen LogP contribution in [0.3, 0.4) is 0 Å². The number of fused-ring (bicyclic) bond motifs is 2. The van der Waals surface area contributed by atoms with Crippen LogP contribution in [-0.2, 0) is 16.1 Å². The fourth-order valence-corrected chi connectivity index (χ4v) is 4.06. The normalized spacial score (nSPS) is 11.0. The molecule has 2 aromatic heterocycles. The molecule has 10 heteroatoms. The Morgan fingerprint density at radius 3 is 2.84 bits per heavy atom. The number of methoxy groups -OCH3 is 1. The van der Waals surface area contributed by atoms with E-state index in [0.717, 1.165) is 22.2 Å². The van der Waals surface area contributed by atoms with Gasteiger partial charge in [-0.1, -0.05) is 18.7 Å². The van der Waals surface area contributed by atoms with Crippen LogP contribution in [0, 0.1) is 5.82 Å². The largest absolute Gasteiger partial charge is 0.489 e. The summed E-state index contributed by atoms with van der Waals surface area (Å²) in [6.07, 6.45) is 4.42. The lowest BCUT2D eigenvalue weighted by atomic mass is 10.1. The molecular weight excluding hydrogens is 487 g/mol. The Bertz CT molecular complexity index is 1630. The number of amides is 1. The van der Waals surface area contributed by atoms with Crippen molar-refractivity contribution in [1.29, 1.82) is 0 Å². The fourth-order valence-electron chi connectivity index (χ4n) is 4.06. The summed E-state index contributed by atoms with van der Waals surface area (Å²) in [5.41, 5.74) is 3.63. The summed E-state index contributed by atoms with van der Waals surface area (Å²) < 4.78 is 26.3. The van der Waals surface area contributed by atoms with Crippen molar-refractivity contribution in [2.75, 3.05) is 31.0 Å². The summed E-state index contributed by atoms with van der Waals surface area (Å²) in [5.74, 6) is 0.372. The van der Waals surface area contributed by atoms with Crippen molar-refractivity contribution in [2.45, 2.75) is 6.54 Å². The first-order chi connectivity index (χ1) is 18.5. The van der Waals surface area contributed by atoms with Crippen molar-refractivity contribution in [2.24, 2.45) is 0 Å². The maximum Gasteiger partial charge on any atom is 0.247 e. The molecule has 0 radical (unpaired) electrons. The maximum absolute atomic E-state index is 13.6. The first-order valence-corrected chi connectivity index (χ1v) is 11.8. The number of carbonyl (C=O) groups excluding carboxylic acids is 1. The third-order valence-corrected chi connectivity index (χ3v) is 5.85. The minimum absolute atomic E-state index is 0.275. The molecule has 5 aromatic rings. The second kappa shape index (κ2) is 11.1. The highest BCUT2D eigenvalue weighted by Gasteiger charge is 2.14. The standard InChI is InChI=1S/C28H25FN6O3/c1-3-27(36)34-24-13-22-23(14-26(24)38-10-9-37-2)30-17-31-28(22)33-21-7-8-25-19(12-21)15-32-35(25)16-18-5-4-6-20(29)11-18/h3-8,11-15,17H,1,9-10,16H2,2H3,(H,34,36)(H,30,31,33). The minimum Gasteiger partial charge on any atom is -0.489 e. The molecule has 192 valence electrons. The topological polar surface area (TPSA) is 103 Å². The van der Waals surface area contributed by atoms with E-state index >= 15 is 0 Å². The Morgan fingerprint density at radius 1 is 1.13 bits per heavy atom. The van der Waals surface area contributed by atoms with Crippen molar-refractivity contribution in [3.8, 4) is 5.75 Å². The summed E-state index contributed by atoms with van der Waals surface area (Å²) in [6.45, 7) is 4.68. The summed E-state index contributed by atoms with van der Waals surface area (Å²) >= 11 is 0. The second-order valence-electron chi connectivity index (χ2n) is 8.45. The fraction of sp³-hybridized carbons (Fsp3) is 0.143. The van der Waals surface area contributed by atoms with Gasteiger partial charge in [0.2, 0.25) is 5.91 Å². The molecule has 1 amide bonds. The number of rotatable bonds is 10. The van der Waals surface area contributed by atoms with Crippen LogP contribution in [0.5, 0.6) is 5.75 Å². The molecule has 0 aliphatic carbocycles. The molecule has 0 fully saturated rings. The number of anilines is 3. The van der Waals surface area contributed by atoms with Crippen molar-refractivity contribution < 1.29 is 18.7 Å². The van der Waals surface area contributed by atoms with Crippen molar-refractivity contribution in [3.05, 3.63) is 91.2 Å². The Kier molecular flexibility index (Phi) is 7.23. The zero-order chi connectivity index (χ0) is 26.5. The highest BCUT2D eigenvalue weighted by Crippen LogP contribution is 2.34. The van der Waals surface area contributed by atoms with E-state index in [9.17, 15) is 9.18 Å². The van der Waals surface area contributed by atoms with E-state index in [4.69, 9.17) is 9.47 Å². The molecule has 0 unspecified atom stereocenters. The Morgan fingerprint density at radius 2 is 2.03 bits per heavy atom. The van der Waals surface area contributed by atoms with Crippen molar-refractivity contribution >= 4 is 44.9 Å². The van der Waals surface area contributed by atoms with Crippen molar-refractivity contribution in [3.63, 3.8) is 0 Å². The van der Waals surface area contributed by atoms with E-state index < -0.39 is 0 Å². The average molecular weight is 513 g/mol. The minimum atomic E-state index is -0.368. The van der Waals surface area contributed by atoms with Crippen LogP contribution >= 0.6 is 0 Å². The van der Waals surface area contributed by atoms with Gasteiger partial charge in [0, 0.05) is 29.6 Å². The zero-order valence-corrected chi connectivity index (χ0v) is 20.6. The number of hydrogen-bond acceptors (Lipinski definition) is 7. The van der Waals surface area contributed by atoms with Gasteiger partial charge in [-0.2, -0.15) is 5.10 Å². The molecule has 9 nitrogen and oxygen atoms in total. The number of nitrogens with zero attached hydrogens (tertiary/aromatic N) is 4. The first kappa shape index (κ1) is 24.8. The van der Waals surface area contributed by atoms with Gasteiger partial charge in [-0.15, -0.1) is 0 Å². The van der Waals surface area contributed by atoms with Gasteiger partial charge in [0.25, 0.3) is 0 Å². The number of aromatic nitrogens is 4. The summed E-state index contributed by atoms with van der Waals surface area (Å²) in [4.78, 5) is 20.9. The highest BCUT2D eigenvalue weighted by atomic mass is 19.1. The molecule has 0 aliphatic heterocycles. The van der Waals surface area contributed by atoms with Crippen LogP contribution in [0.1, 0.15) is 5.56 Å². The quantitative estimate of drug-likeness (QED) is 0.199. The molecule has 0 aliphatic rings. The number of ether oxygens (including phenoxy) is 2. The van der Waals surface area contributed by atoms with Crippen LogP contribution in [0.4, 0.5) is 21.6 Å². The average Bonchev–Trinajstić information content (AvgIpc) is 3.31. The van der Waals surface area contributed by atoms with Gasteiger partial charge in [0.1, 0.15) is 30.3 Å². The maximum atomic E-state index is 13.6. The molecule has 2 heterocycles. The van der Waals surface area contributed by atoms with E-state index in [0.29, 0.717) is 47.9 Å². The summed E-state index contributed by atoms with van der Waals surface area (Å²) in [7, 11) is 1.59. The molecule has 38 heavy (non-hydrogen) atoms. The van der Waals surface area contributed by atoms with E-state index in [2.05, 4.69) is 32.3 Å². The molecule has 0 atom stereocenters. The van der Waals surface area contributed by atoms with Crippen LogP contribution < -0.4 is 15.4 Å². The molecule has 0 saturated heterocycles. The molecular formula is C28H25FN6O3. The number of halogens is 1. The van der Waals surface area contributed by atoms with E-state index in [1.165, 1.54) is 24.5 Å².